The van der Waals surface area contributed by atoms with Gasteiger partial charge in [-0.15, -0.1) is 0 Å². The highest BCUT2D eigenvalue weighted by molar-refractivity contribution is 6.33. The predicted octanol–water partition coefficient (Wildman–Crippen LogP) is 5.63. The van der Waals surface area contributed by atoms with Gasteiger partial charge < -0.3 is 5.32 Å². The van der Waals surface area contributed by atoms with Gasteiger partial charge in [0.2, 0.25) is 0 Å². The second kappa shape index (κ2) is 8.47. The molecule has 2 unspecified atom stereocenters. The molecule has 3 rings (SSSR count). The fourth-order valence-electron chi connectivity index (χ4n) is 2.98. The number of hydrogen-bond donors (Lipinski definition) is 2. The van der Waals surface area contributed by atoms with E-state index in [9.17, 15) is 18.0 Å². The monoisotopic (exact) mass is 423 g/mol. The Morgan fingerprint density at radius 3 is 2.45 bits per heavy atom. The molecule has 29 heavy (non-hydrogen) atoms. The number of carbonyl (C=O) groups excluding carboxylic acids is 1. The van der Waals surface area contributed by atoms with Crippen molar-refractivity contribution in [1.82, 2.24) is 5.43 Å². The molecule has 0 saturated heterocycles. The standard InChI is InChI=1S/C21H21ClF3N3O/c1-3-13(2)14-8-10-15(11-9-14)26-20(29)18-12-19(21(23,24)25)27-28(18)17-7-5-4-6-16(17)22/h4-13,19,27H,3H2,1-2H3,(H,26,29). The van der Waals surface area contributed by atoms with Crippen LogP contribution in [0, 0.1) is 0 Å². The second-order valence-electron chi connectivity index (χ2n) is 6.87. The molecule has 2 aromatic carbocycles. The molecule has 8 heteroatoms. The van der Waals surface area contributed by atoms with E-state index in [0.717, 1.165) is 23.1 Å². The van der Waals surface area contributed by atoms with Crippen LogP contribution in [0.1, 0.15) is 31.7 Å². The number of hydrazine groups is 1. The number of carbonyl (C=O) groups is 1. The van der Waals surface area contributed by atoms with Crippen molar-refractivity contribution in [3.8, 4) is 0 Å². The van der Waals surface area contributed by atoms with Crippen LogP contribution in [0.2, 0.25) is 5.02 Å². The van der Waals surface area contributed by atoms with Crippen LogP contribution in [0.25, 0.3) is 0 Å². The molecule has 0 bridgehead atoms. The summed E-state index contributed by atoms with van der Waals surface area (Å²) < 4.78 is 39.8. The Kier molecular flexibility index (Phi) is 6.19. The average molecular weight is 424 g/mol. The van der Waals surface area contributed by atoms with Gasteiger partial charge in [0.05, 0.1) is 10.7 Å². The molecule has 2 N–H and O–H groups in total. The minimum absolute atomic E-state index is 0.175. The number of para-hydroxylation sites is 1. The molecule has 0 aromatic heterocycles. The minimum atomic E-state index is -4.56. The summed E-state index contributed by atoms with van der Waals surface area (Å²) in [6, 6.07) is 11.7. The van der Waals surface area contributed by atoms with E-state index in [4.69, 9.17) is 11.6 Å². The molecular formula is C21H21ClF3N3O. The Bertz CT molecular complexity index is 912. The van der Waals surface area contributed by atoms with Crippen molar-refractivity contribution in [1.29, 1.82) is 0 Å². The maximum atomic E-state index is 13.3. The van der Waals surface area contributed by atoms with Gasteiger partial charge in [0.25, 0.3) is 5.91 Å². The summed E-state index contributed by atoms with van der Waals surface area (Å²) >= 11 is 6.14. The molecule has 0 radical (unpaired) electrons. The summed E-state index contributed by atoms with van der Waals surface area (Å²) in [5, 5.41) is 3.95. The van der Waals surface area contributed by atoms with Crippen molar-refractivity contribution in [3.63, 3.8) is 0 Å². The quantitative estimate of drug-likeness (QED) is 0.655. The largest absolute Gasteiger partial charge is 0.409 e. The number of halogens is 4. The van der Waals surface area contributed by atoms with Crippen LogP contribution >= 0.6 is 11.6 Å². The van der Waals surface area contributed by atoms with Crippen molar-refractivity contribution < 1.29 is 18.0 Å². The van der Waals surface area contributed by atoms with E-state index in [1.807, 2.05) is 12.1 Å². The molecule has 0 spiro atoms. The van der Waals surface area contributed by atoms with Crippen LogP contribution in [0.15, 0.2) is 60.3 Å². The molecule has 0 saturated carbocycles. The van der Waals surface area contributed by atoms with Gasteiger partial charge in [-0.05, 0) is 48.2 Å². The number of amides is 1. The van der Waals surface area contributed by atoms with Crippen molar-refractivity contribution in [3.05, 3.63) is 70.9 Å². The van der Waals surface area contributed by atoms with Gasteiger partial charge in [-0.25, -0.2) is 5.43 Å². The first-order valence-corrected chi connectivity index (χ1v) is 9.59. The lowest BCUT2D eigenvalue weighted by Gasteiger charge is -2.25. The molecule has 1 amide bonds. The number of rotatable bonds is 5. The molecule has 1 aliphatic heterocycles. The first kappa shape index (κ1) is 21.2. The number of nitrogens with one attached hydrogen (secondary N) is 2. The summed E-state index contributed by atoms with van der Waals surface area (Å²) in [5.41, 5.74) is 4.02. The normalized spacial score (nSPS) is 17.8. The highest BCUT2D eigenvalue weighted by atomic mass is 35.5. The lowest BCUT2D eigenvalue weighted by Crippen LogP contribution is -2.45. The first-order valence-electron chi connectivity index (χ1n) is 9.21. The van der Waals surface area contributed by atoms with Gasteiger partial charge in [0.1, 0.15) is 11.7 Å². The van der Waals surface area contributed by atoms with Gasteiger partial charge in [-0.3, -0.25) is 9.80 Å². The molecule has 1 aliphatic rings. The van der Waals surface area contributed by atoms with E-state index in [0.29, 0.717) is 11.6 Å². The maximum Gasteiger partial charge on any atom is 0.409 e. The smallest absolute Gasteiger partial charge is 0.321 e. The molecule has 0 aliphatic carbocycles. The zero-order valence-corrected chi connectivity index (χ0v) is 16.7. The maximum absolute atomic E-state index is 13.3. The fourth-order valence-corrected chi connectivity index (χ4v) is 3.20. The molecule has 4 nitrogen and oxygen atoms in total. The highest BCUT2D eigenvalue weighted by Crippen LogP contribution is 2.34. The van der Waals surface area contributed by atoms with Crippen molar-refractivity contribution in [2.75, 3.05) is 10.3 Å². The zero-order chi connectivity index (χ0) is 21.2. The van der Waals surface area contributed by atoms with E-state index in [2.05, 4.69) is 24.6 Å². The summed E-state index contributed by atoms with van der Waals surface area (Å²) in [6.45, 7) is 4.18. The van der Waals surface area contributed by atoms with Crippen LogP contribution in [0.5, 0.6) is 0 Å². The van der Waals surface area contributed by atoms with Crippen molar-refractivity contribution >= 4 is 28.9 Å². The van der Waals surface area contributed by atoms with E-state index in [-0.39, 0.29) is 16.4 Å². The van der Waals surface area contributed by atoms with Crippen LogP contribution in [-0.4, -0.2) is 18.1 Å². The third-order valence-corrected chi connectivity index (χ3v) is 5.18. The summed E-state index contributed by atoms with van der Waals surface area (Å²) in [4.78, 5) is 12.8. The highest BCUT2D eigenvalue weighted by Gasteiger charge is 2.45. The topological polar surface area (TPSA) is 44.4 Å². The van der Waals surface area contributed by atoms with E-state index >= 15 is 0 Å². The summed E-state index contributed by atoms with van der Waals surface area (Å²) in [7, 11) is 0. The number of anilines is 2. The van der Waals surface area contributed by atoms with Gasteiger partial charge in [0, 0.05) is 5.69 Å². The molecule has 154 valence electrons. The molecule has 2 aromatic rings. The fraction of sp³-hybridized carbons (Fsp3) is 0.286. The Labute approximate surface area is 172 Å². The number of benzene rings is 2. The number of nitrogens with zero attached hydrogens (tertiary/aromatic N) is 1. The molecule has 0 fully saturated rings. The van der Waals surface area contributed by atoms with Crippen LogP contribution in [0.3, 0.4) is 0 Å². The van der Waals surface area contributed by atoms with Crippen molar-refractivity contribution in [2.24, 2.45) is 0 Å². The molecule has 1 heterocycles. The van der Waals surface area contributed by atoms with E-state index < -0.39 is 18.1 Å². The average Bonchev–Trinajstić information content (AvgIpc) is 3.14. The van der Waals surface area contributed by atoms with Crippen molar-refractivity contribution in [2.45, 2.75) is 38.4 Å². The summed E-state index contributed by atoms with van der Waals surface area (Å²) in [5.74, 6) is -0.287. The lowest BCUT2D eigenvalue weighted by molar-refractivity contribution is -0.142. The Hall–Kier alpha value is -2.51. The van der Waals surface area contributed by atoms with E-state index in [1.54, 1.807) is 30.3 Å². The Morgan fingerprint density at radius 2 is 1.86 bits per heavy atom. The van der Waals surface area contributed by atoms with Crippen LogP contribution in [-0.2, 0) is 4.79 Å². The van der Waals surface area contributed by atoms with Gasteiger partial charge in [0.15, 0.2) is 0 Å². The minimum Gasteiger partial charge on any atom is -0.321 e. The lowest BCUT2D eigenvalue weighted by atomic mass is 9.99. The molecular weight excluding hydrogens is 403 g/mol. The third kappa shape index (κ3) is 4.74. The molecule has 2 atom stereocenters. The summed E-state index contributed by atoms with van der Waals surface area (Å²) in [6.07, 6.45) is -2.72. The second-order valence-corrected chi connectivity index (χ2v) is 7.28. The number of hydrogen-bond acceptors (Lipinski definition) is 3. The van der Waals surface area contributed by atoms with Gasteiger partial charge >= 0.3 is 6.18 Å². The Morgan fingerprint density at radius 1 is 1.21 bits per heavy atom. The Balaban J connectivity index is 1.86. The van der Waals surface area contributed by atoms with Gasteiger partial charge in [-0.1, -0.05) is 49.7 Å². The first-order chi connectivity index (χ1) is 13.7. The SMILES string of the molecule is CCC(C)c1ccc(NC(=O)C2=CC(C(F)(F)F)NN2c2ccccc2Cl)cc1. The third-order valence-electron chi connectivity index (χ3n) is 4.86. The number of alkyl halides is 3. The van der Waals surface area contributed by atoms with E-state index in [1.165, 1.54) is 6.07 Å². The zero-order valence-electron chi connectivity index (χ0n) is 15.9. The van der Waals surface area contributed by atoms with Gasteiger partial charge in [-0.2, -0.15) is 13.2 Å². The predicted molar refractivity (Wildman–Crippen MR) is 109 cm³/mol. The van der Waals surface area contributed by atoms with Crippen LogP contribution < -0.4 is 15.8 Å². The van der Waals surface area contributed by atoms with Crippen LogP contribution in [0.4, 0.5) is 24.5 Å².